The van der Waals surface area contributed by atoms with Crippen LogP contribution in [0.15, 0.2) is 52.9 Å². The summed E-state index contributed by atoms with van der Waals surface area (Å²) >= 11 is 0. The number of aryl methyl sites for hydroxylation is 1. The normalized spacial score (nSPS) is 10.5. The molecule has 0 radical (unpaired) electrons. The molecule has 0 saturated heterocycles. The monoisotopic (exact) mass is 278 g/mol. The lowest BCUT2D eigenvalue weighted by molar-refractivity contribution is 0.112. The van der Waals surface area contributed by atoms with E-state index in [2.05, 4.69) is 17.1 Å². The standard InChI is InChI=1S/C17H14N2O2/c1-2-12-6-8-14(9-7-12)16-18-19-17(21-16)15-5-3-4-13(10-15)11-20/h3-11H,2H2,1H3. The summed E-state index contributed by atoms with van der Waals surface area (Å²) in [5.74, 6) is 0.887. The van der Waals surface area contributed by atoms with Gasteiger partial charge in [-0.05, 0) is 36.2 Å². The number of hydrogen-bond acceptors (Lipinski definition) is 4. The first kappa shape index (κ1) is 13.2. The molecule has 0 N–H and O–H groups in total. The molecule has 4 heteroatoms. The molecular weight excluding hydrogens is 264 g/mol. The molecule has 3 aromatic rings. The molecular formula is C17H14N2O2. The fraction of sp³-hybridized carbons (Fsp3) is 0.118. The van der Waals surface area contributed by atoms with Crippen LogP contribution in [0, 0.1) is 0 Å². The van der Waals surface area contributed by atoms with Crippen LogP contribution in [-0.2, 0) is 6.42 Å². The van der Waals surface area contributed by atoms with Gasteiger partial charge < -0.3 is 4.42 Å². The molecule has 3 rings (SSSR count). The zero-order chi connectivity index (χ0) is 14.7. The molecule has 2 aromatic carbocycles. The molecule has 0 aliphatic heterocycles. The minimum atomic E-state index is 0.410. The van der Waals surface area contributed by atoms with E-state index in [9.17, 15) is 4.79 Å². The third-order valence-corrected chi connectivity index (χ3v) is 3.30. The van der Waals surface area contributed by atoms with Crippen molar-refractivity contribution < 1.29 is 9.21 Å². The second-order valence-electron chi connectivity index (χ2n) is 4.71. The molecule has 4 nitrogen and oxygen atoms in total. The van der Waals surface area contributed by atoms with Crippen molar-refractivity contribution >= 4 is 6.29 Å². The van der Waals surface area contributed by atoms with Gasteiger partial charge in [0.05, 0.1) is 0 Å². The maximum atomic E-state index is 10.8. The number of rotatable bonds is 4. The molecule has 0 amide bonds. The van der Waals surface area contributed by atoms with Crippen molar-refractivity contribution in [1.82, 2.24) is 10.2 Å². The SMILES string of the molecule is CCc1ccc(-c2nnc(-c3cccc(C=O)c3)o2)cc1. The van der Waals surface area contributed by atoms with Crippen molar-refractivity contribution in [1.29, 1.82) is 0 Å². The van der Waals surface area contributed by atoms with Crippen LogP contribution >= 0.6 is 0 Å². The van der Waals surface area contributed by atoms with E-state index >= 15 is 0 Å². The maximum Gasteiger partial charge on any atom is 0.248 e. The number of aldehydes is 1. The Kier molecular flexibility index (Phi) is 3.60. The average Bonchev–Trinajstić information content (AvgIpc) is 3.05. The molecule has 0 saturated carbocycles. The maximum absolute atomic E-state index is 10.8. The van der Waals surface area contributed by atoms with Gasteiger partial charge in [-0.3, -0.25) is 4.79 Å². The Morgan fingerprint density at radius 3 is 2.38 bits per heavy atom. The highest BCUT2D eigenvalue weighted by Crippen LogP contribution is 2.24. The van der Waals surface area contributed by atoms with Gasteiger partial charge in [0, 0.05) is 16.7 Å². The quantitative estimate of drug-likeness (QED) is 0.681. The van der Waals surface area contributed by atoms with Gasteiger partial charge in [0.25, 0.3) is 0 Å². The Balaban J connectivity index is 1.93. The summed E-state index contributed by atoms with van der Waals surface area (Å²) in [7, 11) is 0. The van der Waals surface area contributed by atoms with Crippen LogP contribution < -0.4 is 0 Å². The molecule has 0 atom stereocenters. The molecule has 0 spiro atoms. The van der Waals surface area contributed by atoms with Gasteiger partial charge in [-0.1, -0.05) is 31.2 Å². The largest absolute Gasteiger partial charge is 0.416 e. The third-order valence-electron chi connectivity index (χ3n) is 3.30. The van der Waals surface area contributed by atoms with Gasteiger partial charge in [-0.15, -0.1) is 10.2 Å². The van der Waals surface area contributed by atoms with Crippen molar-refractivity contribution in [3.05, 3.63) is 59.7 Å². The summed E-state index contributed by atoms with van der Waals surface area (Å²) < 4.78 is 5.69. The van der Waals surface area contributed by atoms with Gasteiger partial charge in [-0.2, -0.15) is 0 Å². The van der Waals surface area contributed by atoms with Crippen LogP contribution in [0.3, 0.4) is 0 Å². The smallest absolute Gasteiger partial charge is 0.248 e. The van der Waals surface area contributed by atoms with Gasteiger partial charge in [-0.25, -0.2) is 0 Å². The summed E-state index contributed by atoms with van der Waals surface area (Å²) in [6, 6.07) is 15.1. The topological polar surface area (TPSA) is 56.0 Å². The number of nitrogens with zero attached hydrogens (tertiary/aromatic N) is 2. The Hall–Kier alpha value is -2.75. The predicted molar refractivity (Wildman–Crippen MR) is 79.9 cm³/mol. The molecule has 0 aliphatic carbocycles. The zero-order valence-corrected chi connectivity index (χ0v) is 11.6. The first-order valence-electron chi connectivity index (χ1n) is 6.78. The summed E-state index contributed by atoms with van der Waals surface area (Å²) in [4.78, 5) is 10.8. The molecule has 0 aliphatic rings. The van der Waals surface area contributed by atoms with E-state index in [1.807, 2.05) is 30.3 Å². The molecule has 0 bridgehead atoms. The molecule has 0 fully saturated rings. The van der Waals surface area contributed by atoms with Gasteiger partial charge >= 0.3 is 0 Å². The van der Waals surface area contributed by atoms with Crippen LogP contribution in [0.2, 0.25) is 0 Å². The lowest BCUT2D eigenvalue weighted by Gasteiger charge is -1.98. The summed E-state index contributed by atoms with van der Waals surface area (Å²) in [5.41, 5.74) is 3.47. The Morgan fingerprint density at radius 1 is 1.00 bits per heavy atom. The molecule has 21 heavy (non-hydrogen) atoms. The van der Waals surface area contributed by atoms with Crippen LogP contribution in [-0.4, -0.2) is 16.5 Å². The second kappa shape index (κ2) is 5.71. The Labute approximate surface area is 122 Å². The third kappa shape index (κ3) is 2.74. The van der Waals surface area contributed by atoms with Gasteiger partial charge in [0.15, 0.2) is 0 Å². The van der Waals surface area contributed by atoms with Crippen molar-refractivity contribution in [2.24, 2.45) is 0 Å². The van der Waals surface area contributed by atoms with E-state index in [0.29, 0.717) is 17.3 Å². The van der Waals surface area contributed by atoms with E-state index in [-0.39, 0.29) is 0 Å². The number of carbonyl (C=O) groups excluding carboxylic acids is 1. The lowest BCUT2D eigenvalue weighted by Crippen LogP contribution is -1.82. The van der Waals surface area contributed by atoms with Crippen molar-refractivity contribution in [2.75, 3.05) is 0 Å². The van der Waals surface area contributed by atoms with Gasteiger partial charge in [0.2, 0.25) is 11.8 Å². The van der Waals surface area contributed by atoms with E-state index in [0.717, 1.165) is 23.8 Å². The first-order valence-corrected chi connectivity index (χ1v) is 6.78. The molecule has 104 valence electrons. The number of aromatic nitrogens is 2. The van der Waals surface area contributed by atoms with E-state index in [1.165, 1.54) is 5.56 Å². The first-order chi connectivity index (χ1) is 10.3. The van der Waals surface area contributed by atoms with Crippen molar-refractivity contribution in [2.45, 2.75) is 13.3 Å². The average molecular weight is 278 g/mol. The highest BCUT2D eigenvalue weighted by atomic mass is 16.4. The van der Waals surface area contributed by atoms with E-state index in [4.69, 9.17) is 4.42 Å². The number of hydrogen-bond donors (Lipinski definition) is 0. The number of benzene rings is 2. The second-order valence-corrected chi connectivity index (χ2v) is 4.71. The fourth-order valence-corrected chi connectivity index (χ4v) is 2.08. The summed E-state index contributed by atoms with van der Waals surface area (Å²) in [6.07, 6.45) is 1.79. The zero-order valence-electron chi connectivity index (χ0n) is 11.6. The molecule has 0 unspecified atom stereocenters. The van der Waals surface area contributed by atoms with Crippen LogP contribution in [0.1, 0.15) is 22.8 Å². The van der Waals surface area contributed by atoms with Gasteiger partial charge in [0.1, 0.15) is 6.29 Å². The highest BCUT2D eigenvalue weighted by Gasteiger charge is 2.10. The summed E-state index contributed by atoms with van der Waals surface area (Å²) in [5, 5.41) is 8.12. The number of carbonyl (C=O) groups is 1. The van der Waals surface area contributed by atoms with E-state index < -0.39 is 0 Å². The fourth-order valence-electron chi connectivity index (χ4n) is 2.08. The highest BCUT2D eigenvalue weighted by molar-refractivity contribution is 5.77. The minimum absolute atomic E-state index is 0.410. The predicted octanol–water partition coefficient (Wildman–Crippen LogP) is 3.78. The molecule has 1 aromatic heterocycles. The van der Waals surface area contributed by atoms with Crippen molar-refractivity contribution in [3.8, 4) is 22.9 Å². The Bertz CT molecular complexity index is 760. The molecule has 1 heterocycles. The lowest BCUT2D eigenvalue weighted by atomic mass is 10.1. The summed E-state index contributed by atoms with van der Waals surface area (Å²) in [6.45, 7) is 2.11. The van der Waals surface area contributed by atoms with Crippen molar-refractivity contribution in [3.63, 3.8) is 0 Å². The van der Waals surface area contributed by atoms with Crippen LogP contribution in [0.25, 0.3) is 22.9 Å². The van der Waals surface area contributed by atoms with E-state index in [1.54, 1.807) is 18.2 Å². The Morgan fingerprint density at radius 2 is 1.71 bits per heavy atom. The van der Waals surface area contributed by atoms with Crippen LogP contribution in [0.5, 0.6) is 0 Å². The minimum Gasteiger partial charge on any atom is -0.416 e. The van der Waals surface area contributed by atoms with Crippen LogP contribution in [0.4, 0.5) is 0 Å².